The molecular weight excluding hydrogens is 252 g/mol. The lowest BCUT2D eigenvalue weighted by Gasteiger charge is -2.35. The van der Waals surface area contributed by atoms with E-state index in [2.05, 4.69) is 38.1 Å². The summed E-state index contributed by atoms with van der Waals surface area (Å²) in [6.45, 7) is 7.52. The van der Waals surface area contributed by atoms with E-state index in [1.807, 2.05) is 6.07 Å². The third-order valence-corrected chi connectivity index (χ3v) is 3.44. The second-order valence-electron chi connectivity index (χ2n) is 4.97. The van der Waals surface area contributed by atoms with Gasteiger partial charge < -0.3 is 10.2 Å². The Bertz CT molecular complexity index is 421. The molecule has 0 bridgehead atoms. The van der Waals surface area contributed by atoms with Gasteiger partial charge in [0.1, 0.15) is 6.04 Å². The first-order valence-electron chi connectivity index (χ1n) is 7.20. The van der Waals surface area contributed by atoms with Crippen LogP contribution in [0.1, 0.15) is 13.3 Å². The molecule has 0 aromatic carbocycles. The maximum absolute atomic E-state index is 9.14. The smallest absolute Gasteiger partial charge is 0.225 e. The highest BCUT2D eigenvalue weighted by Crippen LogP contribution is 2.09. The topological polar surface area (TPSA) is 68.1 Å². The van der Waals surface area contributed by atoms with Gasteiger partial charge in [0, 0.05) is 45.1 Å². The van der Waals surface area contributed by atoms with E-state index in [1.165, 1.54) is 0 Å². The number of hydrogen-bond acceptors (Lipinski definition) is 6. The van der Waals surface area contributed by atoms with Crippen molar-refractivity contribution in [2.45, 2.75) is 19.4 Å². The summed E-state index contributed by atoms with van der Waals surface area (Å²) in [7, 11) is 0. The quantitative estimate of drug-likeness (QED) is 0.814. The predicted octanol–water partition coefficient (Wildman–Crippen LogP) is 0.490. The molecule has 1 aromatic heterocycles. The van der Waals surface area contributed by atoms with Crippen molar-refractivity contribution in [2.24, 2.45) is 0 Å². The number of piperazine rings is 1. The molecule has 0 amide bonds. The Morgan fingerprint density at radius 3 is 2.60 bits per heavy atom. The lowest BCUT2D eigenvalue weighted by atomic mass is 10.2. The van der Waals surface area contributed by atoms with E-state index in [1.54, 1.807) is 12.4 Å². The molecule has 1 atom stereocenters. The minimum Gasteiger partial charge on any atom is -0.338 e. The standard InChI is InChI=1S/C14H22N6/c1-2-4-16-13(11-15)12-19-7-9-20(10-8-19)14-17-5-3-6-18-14/h3,5-6,13,16H,2,4,7-10,12H2,1H3. The minimum atomic E-state index is -0.0746. The Morgan fingerprint density at radius 1 is 1.30 bits per heavy atom. The zero-order valence-corrected chi connectivity index (χ0v) is 12.0. The Hall–Kier alpha value is -1.71. The molecule has 1 aliphatic heterocycles. The number of anilines is 1. The summed E-state index contributed by atoms with van der Waals surface area (Å²) in [5.74, 6) is 0.799. The lowest BCUT2D eigenvalue weighted by molar-refractivity contribution is 0.242. The second-order valence-corrected chi connectivity index (χ2v) is 4.97. The fourth-order valence-electron chi connectivity index (χ4n) is 2.31. The number of nitriles is 1. The maximum Gasteiger partial charge on any atom is 0.225 e. The summed E-state index contributed by atoms with van der Waals surface area (Å²) in [4.78, 5) is 13.1. The van der Waals surface area contributed by atoms with Crippen LogP contribution in [0.4, 0.5) is 5.95 Å². The first-order chi connectivity index (χ1) is 9.83. The Kier molecular flexibility index (Phi) is 5.71. The summed E-state index contributed by atoms with van der Waals surface area (Å²) in [5, 5.41) is 12.4. The molecule has 0 spiro atoms. The molecule has 1 aromatic rings. The van der Waals surface area contributed by atoms with Crippen LogP contribution in [0.2, 0.25) is 0 Å². The van der Waals surface area contributed by atoms with Crippen LogP contribution < -0.4 is 10.2 Å². The predicted molar refractivity (Wildman–Crippen MR) is 78.4 cm³/mol. The van der Waals surface area contributed by atoms with Crippen molar-refractivity contribution in [3.8, 4) is 6.07 Å². The summed E-state index contributed by atoms with van der Waals surface area (Å²) >= 11 is 0. The molecule has 1 saturated heterocycles. The van der Waals surface area contributed by atoms with Gasteiger partial charge in [-0.15, -0.1) is 0 Å². The van der Waals surface area contributed by atoms with Crippen molar-refractivity contribution in [3.63, 3.8) is 0 Å². The van der Waals surface area contributed by atoms with Crippen molar-refractivity contribution in [3.05, 3.63) is 18.5 Å². The van der Waals surface area contributed by atoms with Gasteiger partial charge in [0.25, 0.3) is 0 Å². The van der Waals surface area contributed by atoms with Crippen LogP contribution in [0.5, 0.6) is 0 Å². The van der Waals surface area contributed by atoms with E-state index in [4.69, 9.17) is 5.26 Å². The molecule has 1 aliphatic rings. The average molecular weight is 274 g/mol. The third-order valence-electron chi connectivity index (χ3n) is 3.44. The lowest BCUT2D eigenvalue weighted by Crippen LogP contribution is -2.51. The molecule has 6 heteroatoms. The average Bonchev–Trinajstić information content (AvgIpc) is 2.53. The van der Waals surface area contributed by atoms with Crippen LogP contribution in [0, 0.1) is 11.3 Å². The van der Waals surface area contributed by atoms with Crippen LogP contribution in [0.3, 0.4) is 0 Å². The van der Waals surface area contributed by atoms with Gasteiger partial charge in [-0.3, -0.25) is 4.90 Å². The highest BCUT2D eigenvalue weighted by atomic mass is 15.3. The van der Waals surface area contributed by atoms with E-state index in [0.717, 1.165) is 51.6 Å². The highest BCUT2D eigenvalue weighted by Gasteiger charge is 2.20. The van der Waals surface area contributed by atoms with Gasteiger partial charge in [0.05, 0.1) is 6.07 Å². The van der Waals surface area contributed by atoms with Gasteiger partial charge in [0.2, 0.25) is 5.95 Å². The van der Waals surface area contributed by atoms with Gasteiger partial charge in [-0.25, -0.2) is 9.97 Å². The normalized spacial score (nSPS) is 17.7. The van der Waals surface area contributed by atoms with Gasteiger partial charge in [0.15, 0.2) is 0 Å². The summed E-state index contributed by atoms with van der Waals surface area (Å²) < 4.78 is 0. The highest BCUT2D eigenvalue weighted by molar-refractivity contribution is 5.29. The summed E-state index contributed by atoms with van der Waals surface area (Å²) in [5.41, 5.74) is 0. The van der Waals surface area contributed by atoms with Gasteiger partial charge in [-0.2, -0.15) is 5.26 Å². The Balaban J connectivity index is 1.78. The SMILES string of the molecule is CCCNC(C#N)CN1CCN(c2ncccn2)CC1. The van der Waals surface area contributed by atoms with Crippen LogP contribution >= 0.6 is 0 Å². The van der Waals surface area contributed by atoms with Crippen LogP contribution in [0.25, 0.3) is 0 Å². The van der Waals surface area contributed by atoms with Crippen LogP contribution in [-0.2, 0) is 0 Å². The van der Waals surface area contributed by atoms with Crippen LogP contribution in [-0.4, -0.2) is 60.2 Å². The Labute approximate surface area is 120 Å². The molecule has 1 fully saturated rings. The van der Waals surface area contributed by atoms with E-state index in [0.29, 0.717) is 0 Å². The first-order valence-corrected chi connectivity index (χ1v) is 7.20. The zero-order valence-electron chi connectivity index (χ0n) is 12.0. The number of nitrogens with zero attached hydrogens (tertiary/aromatic N) is 5. The fourth-order valence-corrected chi connectivity index (χ4v) is 2.31. The molecule has 0 radical (unpaired) electrons. The van der Waals surface area contributed by atoms with Gasteiger partial charge in [-0.1, -0.05) is 6.92 Å². The van der Waals surface area contributed by atoms with E-state index in [-0.39, 0.29) is 6.04 Å². The van der Waals surface area contributed by atoms with E-state index < -0.39 is 0 Å². The van der Waals surface area contributed by atoms with Crippen molar-refractivity contribution in [2.75, 3.05) is 44.2 Å². The number of nitrogens with one attached hydrogen (secondary N) is 1. The van der Waals surface area contributed by atoms with Crippen molar-refractivity contribution in [1.29, 1.82) is 5.26 Å². The number of hydrogen-bond donors (Lipinski definition) is 1. The molecule has 1 unspecified atom stereocenters. The van der Waals surface area contributed by atoms with Crippen LogP contribution in [0.15, 0.2) is 18.5 Å². The minimum absolute atomic E-state index is 0.0746. The first kappa shape index (κ1) is 14.7. The van der Waals surface area contributed by atoms with Crippen molar-refractivity contribution < 1.29 is 0 Å². The fraction of sp³-hybridized carbons (Fsp3) is 0.643. The molecule has 20 heavy (non-hydrogen) atoms. The number of rotatable bonds is 6. The third kappa shape index (κ3) is 4.15. The largest absolute Gasteiger partial charge is 0.338 e. The maximum atomic E-state index is 9.14. The molecule has 1 N–H and O–H groups in total. The Morgan fingerprint density at radius 2 is 2.00 bits per heavy atom. The van der Waals surface area contributed by atoms with Crippen molar-refractivity contribution >= 4 is 5.95 Å². The van der Waals surface area contributed by atoms with E-state index in [9.17, 15) is 0 Å². The zero-order chi connectivity index (χ0) is 14.2. The molecular formula is C14H22N6. The molecule has 0 aliphatic carbocycles. The molecule has 2 heterocycles. The molecule has 2 rings (SSSR count). The molecule has 108 valence electrons. The van der Waals surface area contributed by atoms with Gasteiger partial charge in [-0.05, 0) is 19.0 Å². The number of aromatic nitrogens is 2. The monoisotopic (exact) mass is 274 g/mol. The summed E-state index contributed by atoms with van der Waals surface area (Å²) in [6, 6.07) is 4.09. The molecule has 0 saturated carbocycles. The molecule has 6 nitrogen and oxygen atoms in total. The second kappa shape index (κ2) is 7.78. The van der Waals surface area contributed by atoms with Crippen molar-refractivity contribution in [1.82, 2.24) is 20.2 Å². The van der Waals surface area contributed by atoms with E-state index >= 15 is 0 Å². The van der Waals surface area contributed by atoms with Gasteiger partial charge >= 0.3 is 0 Å². The summed E-state index contributed by atoms with van der Waals surface area (Å²) in [6.07, 6.45) is 4.60.